The molecule has 0 aliphatic carbocycles. The van der Waals surface area contributed by atoms with Gasteiger partial charge in [0.1, 0.15) is 6.61 Å². The fourth-order valence-corrected chi connectivity index (χ4v) is 2.07. The second kappa shape index (κ2) is 5.26. The lowest BCUT2D eigenvalue weighted by Crippen LogP contribution is -2.00. The molecule has 3 rings (SSSR count). The molecule has 0 aliphatic rings. The molecule has 5 nitrogen and oxygen atoms in total. The van der Waals surface area contributed by atoms with Crippen LogP contribution >= 0.6 is 23.2 Å². The van der Waals surface area contributed by atoms with E-state index in [1.807, 2.05) is 31.3 Å². The van der Waals surface area contributed by atoms with E-state index >= 15 is 0 Å². The van der Waals surface area contributed by atoms with Gasteiger partial charge in [0.2, 0.25) is 11.2 Å². The Balaban J connectivity index is 1.89. The monoisotopic (exact) mass is 308 g/mol. The molecular weight excluding hydrogens is 299 g/mol. The second-order valence-corrected chi connectivity index (χ2v) is 5.02. The molecule has 3 aromatic rings. The van der Waals surface area contributed by atoms with Gasteiger partial charge in [0.25, 0.3) is 0 Å². The van der Waals surface area contributed by atoms with Crippen molar-refractivity contribution in [3.05, 3.63) is 46.5 Å². The second-order valence-electron chi connectivity index (χ2n) is 4.24. The van der Waals surface area contributed by atoms with Gasteiger partial charge in [-0.05, 0) is 29.3 Å². The lowest BCUT2D eigenvalue weighted by molar-refractivity contribution is 0.297. The van der Waals surface area contributed by atoms with Crippen molar-refractivity contribution in [1.29, 1.82) is 0 Å². The van der Waals surface area contributed by atoms with Crippen molar-refractivity contribution >= 4 is 34.4 Å². The molecule has 102 valence electrons. The summed E-state index contributed by atoms with van der Waals surface area (Å²) in [4.78, 5) is 12.4. The fraction of sp³-hybridized carbons (Fsp3) is 0.154. The fourth-order valence-electron chi connectivity index (χ4n) is 1.79. The van der Waals surface area contributed by atoms with Crippen LogP contribution in [0.2, 0.25) is 10.3 Å². The minimum Gasteiger partial charge on any atom is -0.471 e. The van der Waals surface area contributed by atoms with E-state index in [9.17, 15) is 0 Å². The average Bonchev–Trinajstić information content (AvgIpc) is 2.80. The van der Waals surface area contributed by atoms with E-state index in [-0.39, 0.29) is 5.28 Å². The van der Waals surface area contributed by atoms with Crippen LogP contribution in [0.5, 0.6) is 5.88 Å². The quantitative estimate of drug-likeness (QED) is 0.697. The summed E-state index contributed by atoms with van der Waals surface area (Å²) in [6.45, 7) is 0.357. The van der Waals surface area contributed by atoms with Crippen molar-refractivity contribution in [3.8, 4) is 5.88 Å². The number of hydrogen-bond acceptors (Lipinski definition) is 4. The Labute approximate surface area is 125 Å². The van der Waals surface area contributed by atoms with Gasteiger partial charge < -0.3 is 9.30 Å². The van der Waals surface area contributed by atoms with E-state index < -0.39 is 0 Å². The summed E-state index contributed by atoms with van der Waals surface area (Å²) in [6.07, 6.45) is 1.64. The first-order valence-electron chi connectivity index (χ1n) is 5.85. The van der Waals surface area contributed by atoms with Gasteiger partial charge >= 0.3 is 0 Å². The molecule has 2 aromatic heterocycles. The molecule has 2 heterocycles. The van der Waals surface area contributed by atoms with Gasteiger partial charge in [0.15, 0.2) is 11.2 Å². The summed E-state index contributed by atoms with van der Waals surface area (Å²) in [5, 5.41) is 0.818. The van der Waals surface area contributed by atoms with Crippen LogP contribution in [-0.4, -0.2) is 19.5 Å². The highest BCUT2D eigenvalue weighted by molar-refractivity contribution is 6.30. The minimum atomic E-state index is 0.132. The van der Waals surface area contributed by atoms with E-state index in [1.54, 1.807) is 10.9 Å². The third-order valence-corrected chi connectivity index (χ3v) is 3.21. The maximum atomic E-state index is 5.89. The van der Waals surface area contributed by atoms with Crippen LogP contribution in [0.15, 0.2) is 30.6 Å². The SMILES string of the molecule is Cn1cnc2c(OCc3ccc(Cl)cc3)nc(Cl)nc21. The number of hydrogen-bond donors (Lipinski definition) is 0. The predicted molar refractivity (Wildman–Crippen MR) is 77.1 cm³/mol. The molecule has 0 N–H and O–H groups in total. The van der Waals surface area contributed by atoms with Crippen LogP contribution in [0.4, 0.5) is 0 Å². The Bertz CT molecular complexity index is 755. The van der Waals surface area contributed by atoms with Crippen LogP contribution in [0.3, 0.4) is 0 Å². The van der Waals surface area contributed by atoms with E-state index in [0.717, 1.165) is 5.56 Å². The predicted octanol–water partition coefficient (Wildman–Crippen LogP) is 3.25. The Morgan fingerprint density at radius 3 is 2.65 bits per heavy atom. The third kappa shape index (κ3) is 2.55. The first-order chi connectivity index (χ1) is 9.63. The third-order valence-electron chi connectivity index (χ3n) is 2.79. The molecule has 7 heteroatoms. The summed E-state index contributed by atoms with van der Waals surface area (Å²) in [7, 11) is 1.83. The molecule has 0 saturated carbocycles. The van der Waals surface area contributed by atoms with Gasteiger partial charge in [-0.3, -0.25) is 0 Å². The number of imidazole rings is 1. The first kappa shape index (κ1) is 13.1. The summed E-state index contributed by atoms with van der Waals surface area (Å²) in [5.41, 5.74) is 2.20. The van der Waals surface area contributed by atoms with Crippen molar-refractivity contribution in [3.63, 3.8) is 0 Å². The zero-order valence-corrected chi connectivity index (χ0v) is 12.1. The number of fused-ring (bicyclic) bond motifs is 1. The summed E-state index contributed by atoms with van der Waals surface area (Å²) in [5.74, 6) is 0.371. The molecule has 0 fully saturated rings. The van der Waals surface area contributed by atoms with E-state index in [0.29, 0.717) is 28.7 Å². The van der Waals surface area contributed by atoms with Gasteiger partial charge in [-0.25, -0.2) is 4.98 Å². The van der Waals surface area contributed by atoms with Crippen molar-refractivity contribution in [1.82, 2.24) is 19.5 Å². The molecule has 0 aliphatic heterocycles. The summed E-state index contributed by atoms with van der Waals surface area (Å²) < 4.78 is 7.45. The van der Waals surface area contributed by atoms with Crippen molar-refractivity contribution in [2.24, 2.45) is 7.05 Å². The molecule has 1 aromatic carbocycles. The highest BCUT2D eigenvalue weighted by atomic mass is 35.5. The van der Waals surface area contributed by atoms with Crippen LogP contribution in [0.25, 0.3) is 11.2 Å². The van der Waals surface area contributed by atoms with Crippen LogP contribution in [-0.2, 0) is 13.7 Å². The van der Waals surface area contributed by atoms with E-state index in [2.05, 4.69) is 15.0 Å². The Morgan fingerprint density at radius 2 is 1.90 bits per heavy atom. The van der Waals surface area contributed by atoms with Crippen LogP contribution in [0, 0.1) is 0 Å². The molecule has 0 amide bonds. The Hall–Kier alpha value is -1.85. The van der Waals surface area contributed by atoms with E-state index in [4.69, 9.17) is 27.9 Å². The van der Waals surface area contributed by atoms with Gasteiger partial charge in [0, 0.05) is 12.1 Å². The standard InChI is InChI=1S/C13H10Cl2N4O/c1-19-7-16-10-11(19)17-13(15)18-12(10)20-6-8-2-4-9(14)5-3-8/h2-5,7H,6H2,1H3. The summed E-state index contributed by atoms with van der Waals surface area (Å²) >= 11 is 11.7. The van der Waals surface area contributed by atoms with Crippen LogP contribution < -0.4 is 4.74 Å². The molecule has 0 unspecified atom stereocenters. The minimum absolute atomic E-state index is 0.132. The number of halogens is 2. The number of ether oxygens (including phenoxy) is 1. The molecule has 0 radical (unpaired) electrons. The number of nitrogens with zero attached hydrogens (tertiary/aromatic N) is 4. The highest BCUT2D eigenvalue weighted by Gasteiger charge is 2.12. The van der Waals surface area contributed by atoms with Gasteiger partial charge in [0.05, 0.1) is 6.33 Å². The maximum absolute atomic E-state index is 5.89. The Kier molecular flexibility index (Phi) is 3.46. The van der Waals surface area contributed by atoms with E-state index in [1.165, 1.54) is 0 Å². The molecule has 0 bridgehead atoms. The molecule has 20 heavy (non-hydrogen) atoms. The maximum Gasteiger partial charge on any atom is 0.247 e. The Morgan fingerprint density at radius 1 is 1.15 bits per heavy atom. The summed E-state index contributed by atoms with van der Waals surface area (Å²) in [6, 6.07) is 7.40. The lowest BCUT2D eigenvalue weighted by Gasteiger charge is -2.06. The molecule has 0 atom stereocenters. The number of aryl methyl sites for hydroxylation is 1. The van der Waals surface area contributed by atoms with Crippen molar-refractivity contribution in [2.45, 2.75) is 6.61 Å². The number of rotatable bonds is 3. The number of benzene rings is 1. The zero-order chi connectivity index (χ0) is 14.1. The smallest absolute Gasteiger partial charge is 0.247 e. The normalized spacial score (nSPS) is 10.9. The van der Waals surface area contributed by atoms with Gasteiger partial charge in [-0.2, -0.15) is 9.97 Å². The topological polar surface area (TPSA) is 52.8 Å². The first-order valence-corrected chi connectivity index (χ1v) is 6.61. The average molecular weight is 309 g/mol. The molecule has 0 saturated heterocycles. The molecular formula is C13H10Cl2N4O. The lowest BCUT2D eigenvalue weighted by atomic mass is 10.2. The number of aromatic nitrogens is 4. The van der Waals surface area contributed by atoms with Crippen molar-refractivity contribution < 1.29 is 4.74 Å². The largest absolute Gasteiger partial charge is 0.471 e. The van der Waals surface area contributed by atoms with Gasteiger partial charge in [-0.1, -0.05) is 23.7 Å². The zero-order valence-electron chi connectivity index (χ0n) is 10.5. The van der Waals surface area contributed by atoms with Gasteiger partial charge in [-0.15, -0.1) is 0 Å². The molecule has 0 spiro atoms. The van der Waals surface area contributed by atoms with Crippen LogP contribution in [0.1, 0.15) is 5.56 Å². The highest BCUT2D eigenvalue weighted by Crippen LogP contribution is 2.23. The van der Waals surface area contributed by atoms with Crippen molar-refractivity contribution in [2.75, 3.05) is 0 Å².